The van der Waals surface area contributed by atoms with Crippen molar-refractivity contribution in [2.24, 2.45) is 11.1 Å². The maximum absolute atomic E-state index is 6.50. The summed E-state index contributed by atoms with van der Waals surface area (Å²) in [5, 5.41) is 0. The van der Waals surface area contributed by atoms with Crippen molar-refractivity contribution in [3.8, 4) is 0 Å². The molecule has 0 amide bonds. The van der Waals surface area contributed by atoms with Crippen LogP contribution in [0.3, 0.4) is 0 Å². The van der Waals surface area contributed by atoms with Crippen molar-refractivity contribution < 1.29 is 4.74 Å². The molecule has 0 bridgehead atoms. The molecule has 0 aliphatic carbocycles. The number of benzene rings is 1. The Hall–Kier alpha value is -0.900. The molecule has 0 saturated carbocycles. The van der Waals surface area contributed by atoms with Gasteiger partial charge in [0.05, 0.1) is 6.10 Å². The molecule has 3 nitrogen and oxygen atoms in total. The first-order valence-corrected chi connectivity index (χ1v) is 7.58. The Labute approximate surface area is 123 Å². The molecule has 20 heavy (non-hydrogen) atoms. The quantitative estimate of drug-likeness (QED) is 0.898. The van der Waals surface area contributed by atoms with E-state index in [1.807, 2.05) is 13.2 Å². The SMILES string of the molecule is COC1CCCN(CC(C)(C)C(N)c2ccccc2)C1. The molecule has 2 atom stereocenters. The van der Waals surface area contributed by atoms with Gasteiger partial charge in [-0.25, -0.2) is 0 Å². The van der Waals surface area contributed by atoms with Gasteiger partial charge in [0.2, 0.25) is 0 Å². The number of ether oxygens (including phenoxy) is 1. The number of hydrogen-bond acceptors (Lipinski definition) is 3. The number of hydrogen-bond donors (Lipinski definition) is 1. The monoisotopic (exact) mass is 276 g/mol. The average molecular weight is 276 g/mol. The van der Waals surface area contributed by atoms with E-state index in [2.05, 4.69) is 43.0 Å². The van der Waals surface area contributed by atoms with Crippen molar-refractivity contribution in [3.05, 3.63) is 35.9 Å². The van der Waals surface area contributed by atoms with Crippen molar-refractivity contribution >= 4 is 0 Å². The van der Waals surface area contributed by atoms with Crippen molar-refractivity contribution in [1.82, 2.24) is 4.90 Å². The van der Waals surface area contributed by atoms with Gasteiger partial charge in [0.15, 0.2) is 0 Å². The highest BCUT2D eigenvalue weighted by atomic mass is 16.5. The Kier molecular flexibility index (Phi) is 5.19. The number of methoxy groups -OCH3 is 1. The van der Waals surface area contributed by atoms with E-state index in [9.17, 15) is 0 Å². The van der Waals surface area contributed by atoms with Gasteiger partial charge in [-0.2, -0.15) is 0 Å². The molecule has 1 aromatic carbocycles. The third-order valence-corrected chi connectivity index (χ3v) is 4.43. The molecule has 0 aromatic heterocycles. The van der Waals surface area contributed by atoms with Crippen LogP contribution in [0.4, 0.5) is 0 Å². The lowest BCUT2D eigenvalue weighted by molar-refractivity contribution is 0.0150. The highest BCUT2D eigenvalue weighted by molar-refractivity contribution is 5.20. The van der Waals surface area contributed by atoms with Crippen molar-refractivity contribution in [2.75, 3.05) is 26.7 Å². The first kappa shape index (κ1) is 15.5. The van der Waals surface area contributed by atoms with Crippen LogP contribution in [0.2, 0.25) is 0 Å². The second-order valence-electron chi connectivity index (χ2n) is 6.61. The molecule has 0 spiro atoms. The Morgan fingerprint density at radius 3 is 2.70 bits per heavy atom. The summed E-state index contributed by atoms with van der Waals surface area (Å²) in [7, 11) is 1.81. The third kappa shape index (κ3) is 3.81. The van der Waals surface area contributed by atoms with Gasteiger partial charge in [-0.3, -0.25) is 0 Å². The van der Waals surface area contributed by atoms with Crippen molar-refractivity contribution in [2.45, 2.75) is 38.8 Å². The van der Waals surface area contributed by atoms with Crippen LogP contribution in [-0.4, -0.2) is 37.7 Å². The number of nitrogens with two attached hydrogens (primary N) is 1. The molecule has 1 saturated heterocycles. The van der Waals surface area contributed by atoms with Gasteiger partial charge in [0, 0.05) is 26.2 Å². The summed E-state index contributed by atoms with van der Waals surface area (Å²) in [4.78, 5) is 2.50. The van der Waals surface area contributed by atoms with E-state index < -0.39 is 0 Å². The Morgan fingerprint density at radius 2 is 2.05 bits per heavy atom. The number of piperidine rings is 1. The maximum Gasteiger partial charge on any atom is 0.0698 e. The van der Waals surface area contributed by atoms with Crippen LogP contribution >= 0.6 is 0 Å². The Bertz CT molecular complexity index is 405. The summed E-state index contributed by atoms with van der Waals surface area (Å²) in [6.07, 6.45) is 2.78. The molecule has 1 heterocycles. The van der Waals surface area contributed by atoms with E-state index >= 15 is 0 Å². The zero-order valence-corrected chi connectivity index (χ0v) is 13.0. The lowest BCUT2D eigenvalue weighted by Crippen LogP contribution is -2.46. The topological polar surface area (TPSA) is 38.5 Å². The summed E-state index contributed by atoms with van der Waals surface area (Å²) in [5.41, 5.74) is 7.77. The van der Waals surface area contributed by atoms with Gasteiger partial charge in [-0.05, 0) is 30.4 Å². The van der Waals surface area contributed by atoms with E-state index in [0.717, 1.165) is 19.6 Å². The second-order valence-corrected chi connectivity index (χ2v) is 6.61. The smallest absolute Gasteiger partial charge is 0.0698 e. The largest absolute Gasteiger partial charge is 0.380 e. The summed E-state index contributed by atoms with van der Waals surface area (Å²) in [6, 6.07) is 10.5. The van der Waals surface area contributed by atoms with E-state index in [4.69, 9.17) is 10.5 Å². The van der Waals surface area contributed by atoms with Gasteiger partial charge >= 0.3 is 0 Å². The molecule has 2 unspecified atom stereocenters. The van der Waals surface area contributed by atoms with Crippen molar-refractivity contribution in [1.29, 1.82) is 0 Å². The number of nitrogens with zero attached hydrogens (tertiary/aromatic N) is 1. The van der Waals surface area contributed by atoms with Gasteiger partial charge in [-0.15, -0.1) is 0 Å². The number of rotatable bonds is 5. The molecular formula is C17H28N2O. The lowest BCUT2D eigenvalue weighted by Gasteiger charge is -2.40. The van der Waals surface area contributed by atoms with Crippen LogP contribution in [0.5, 0.6) is 0 Å². The van der Waals surface area contributed by atoms with Crippen LogP contribution in [0.15, 0.2) is 30.3 Å². The summed E-state index contributed by atoms with van der Waals surface area (Å²) in [5.74, 6) is 0. The van der Waals surface area contributed by atoms with Crippen LogP contribution < -0.4 is 5.73 Å². The minimum Gasteiger partial charge on any atom is -0.380 e. The molecular weight excluding hydrogens is 248 g/mol. The van der Waals surface area contributed by atoms with E-state index in [1.165, 1.54) is 18.4 Å². The minimum atomic E-state index is 0.0526. The molecule has 1 aliphatic rings. The highest BCUT2D eigenvalue weighted by Crippen LogP contribution is 2.32. The molecule has 1 fully saturated rings. The predicted octanol–water partition coefficient (Wildman–Crippen LogP) is 2.82. The van der Waals surface area contributed by atoms with Crippen molar-refractivity contribution in [3.63, 3.8) is 0 Å². The molecule has 1 aromatic rings. The van der Waals surface area contributed by atoms with Crippen LogP contribution in [0, 0.1) is 5.41 Å². The Morgan fingerprint density at radius 1 is 1.35 bits per heavy atom. The zero-order valence-electron chi connectivity index (χ0n) is 13.0. The summed E-state index contributed by atoms with van der Waals surface area (Å²) >= 11 is 0. The lowest BCUT2D eigenvalue weighted by atomic mass is 9.80. The van der Waals surface area contributed by atoms with E-state index in [1.54, 1.807) is 0 Å². The first-order valence-electron chi connectivity index (χ1n) is 7.58. The summed E-state index contributed by atoms with van der Waals surface area (Å²) < 4.78 is 5.51. The van der Waals surface area contributed by atoms with Crippen LogP contribution in [0.25, 0.3) is 0 Å². The molecule has 0 radical (unpaired) electrons. The first-order chi connectivity index (χ1) is 9.53. The number of likely N-dealkylation sites (tertiary alicyclic amines) is 1. The van der Waals surface area contributed by atoms with Gasteiger partial charge in [-0.1, -0.05) is 44.2 Å². The molecule has 112 valence electrons. The fourth-order valence-corrected chi connectivity index (χ4v) is 3.14. The summed E-state index contributed by atoms with van der Waals surface area (Å²) in [6.45, 7) is 7.73. The molecule has 2 N–H and O–H groups in total. The minimum absolute atomic E-state index is 0.0526. The normalized spacial score (nSPS) is 22.7. The van der Waals surface area contributed by atoms with E-state index in [-0.39, 0.29) is 11.5 Å². The highest BCUT2D eigenvalue weighted by Gasteiger charge is 2.31. The van der Waals surface area contributed by atoms with Gasteiger partial charge in [0.25, 0.3) is 0 Å². The Balaban J connectivity index is 1.99. The molecule has 1 aliphatic heterocycles. The maximum atomic E-state index is 6.50. The van der Waals surface area contributed by atoms with Crippen LogP contribution in [-0.2, 0) is 4.74 Å². The third-order valence-electron chi connectivity index (χ3n) is 4.43. The standard InChI is InChI=1S/C17H28N2O/c1-17(2,16(18)14-8-5-4-6-9-14)13-19-11-7-10-15(12-19)20-3/h4-6,8-9,15-16H,7,10-13,18H2,1-3H3. The van der Waals surface area contributed by atoms with E-state index in [0.29, 0.717) is 6.10 Å². The molecule has 3 heteroatoms. The fraction of sp³-hybridized carbons (Fsp3) is 0.647. The fourth-order valence-electron chi connectivity index (χ4n) is 3.14. The molecule has 2 rings (SSSR count). The second kappa shape index (κ2) is 6.70. The zero-order chi connectivity index (χ0) is 14.6. The van der Waals surface area contributed by atoms with Gasteiger partial charge in [0.1, 0.15) is 0 Å². The van der Waals surface area contributed by atoms with Crippen LogP contribution in [0.1, 0.15) is 38.3 Å². The predicted molar refractivity (Wildman–Crippen MR) is 83.6 cm³/mol. The average Bonchev–Trinajstić information content (AvgIpc) is 2.47. The van der Waals surface area contributed by atoms with Gasteiger partial charge < -0.3 is 15.4 Å².